The van der Waals surface area contributed by atoms with Gasteiger partial charge in [-0.15, -0.1) is 0 Å². The predicted molar refractivity (Wildman–Crippen MR) is 61.8 cm³/mol. The van der Waals surface area contributed by atoms with Crippen LogP contribution in [0.15, 0.2) is 30.3 Å². The minimum atomic E-state index is -1.02. The number of rotatable bonds is 1. The van der Waals surface area contributed by atoms with Crippen LogP contribution in [0.2, 0.25) is 10.0 Å². The van der Waals surface area contributed by atoms with Gasteiger partial charge >= 0.3 is 0 Å². The maximum Gasteiger partial charge on any atom is 0.136 e. The van der Waals surface area contributed by atoms with E-state index in [4.69, 9.17) is 23.2 Å². The molecule has 0 aromatic heterocycles. The van der Waals surface area contributed by atoms with Gasteiger partial charge in [0, 0.05) is 17.7 Å². The second kappa shape index (κ2) is 4.59. The molecule has 0 N–H and O–H groups in total. The van der Waals surface area contributed by atoms with Crippen LogP contribution in [0.1, 0.15) is 0 Å². The fourth-order valence-corrected chi connectivity index (χ4v) is 1.89. The first kappa shape index (κ1) is 12.3. The first-order valence-corrected chi connectivity index (χ1v) is 5.35. The topological polar surface area (TPSA) is 0 Å². The van der Waals surface area contributed by atoms with Crippen molar-refractivity contribution in [3.05, 3.63) is 57.8 Å². The van der Waals surface area contributed by atoms with Crippen molar-refractivity contribution >= 4 is 23.2 Å². The Morgan fingerprint density at radius 2 is 1.47 bits per heavy atom. The Bertz CT molecular complexity index is 559. The van der Waals surface area contributed by atoms with Crippen molar-refractivity contribution in [2.45, 2.75) is 0 Å². The van der Waals surface area contributed by atoms with E-state index in [1.807, 2.05) is 0 Å². The highest BCUT2D eigenvalue weighted by Gasteiger charge is 2.17. The van der Waals surface area contributed by atoms with Gasteiger partial charge in [-0.2, -0.15) is 0 Å². The van der Waals surface area contributed by atoms with Gasteiger partial charge < -0.3 is 0 Å². The number of halogens is 5. The summed E-state index contributed by atoms with van der Waals surface area (Å²) in [6, 6.07) is 5.59. The summed E-state index contributed by atoms with van der Waals surface area (Å²) in [5.74, 6) is -3.03. The van der Waals surface area contributed by atoms with Crippen molar-refractivity contribution in [1.82, 2.24) is 0 Å². The smallest absolute Gasteiger partial charge is 0.136 e. The minimum Gasteiger partial charge on any atom is -0.207 e. The molecule has 0 amide bonds. The Labute approximate surface area is 106 Å². The third kappa shape index (κ3) is 2.26. The molecular weight excluding hydrogens is 272 g/mol. The molecule has 17 heavy (non-hydrogen) atoms. The first-order valence-electron chi connectivity index (χ1n) is 4.59. The van der Waals surface area contributed by atoms with Crippen LogP contribution in [0, 0.1) is 17.5 Å². The summed E-state index contributed by atoms with van der Waals surface area (Å²) >= 11 is 11.6. The highest BCUT2D eigenvalue weighted by Crippen LogP contribution is 2.36. The van der Waals surface area contributed by atoms with E-state index in [0.29, 0.717) is 12.1 Å². The molecule has 0 aliphatic heterocycles. The maximum atomic E-state index is 13.5. The number of benzene rings is 2. The molecule has 2 rings (SSSR count). The third-order valence-corrected chi connectivity index (χ3v) is 3.05. The molecule has 0 aliphatic rings. The van der Waals surface area contributed by atoms with E-state index in [1.54, 1.807) is 0 Å². The molecular formula is C12H5Cl2F3. The van der Waals surface area contributed by atoms with Crippen LogP contribution in [0.3, 0.4) is 0 Å². The van der Waals surface area contributed by atoms with Crippen LogP contribution in [0.25, 0.3) is 11.1 Å². The van der Waals surface area contributed by atoms with Gasteiger partial charge in [0.15, 0.2) is 0 Å². The van der Waals surface area contributed by atoms with Crippen molar-refractivity contribution in [2.75, 3.05) is 0 Å². The van der Waals surface area contributed by atoms with Gasteiger partial charge in [0.05, 0.1) is 15.6 Å². The molecule has 0 fully saturated rings. The molecule has 2 aromatic rings. The summed E-state index contributed by atoms with van der Waals surface area (Å²) in [7, 11) is 0. The zero-order chi connectivity index (χ0) is 12.6. The van der Waals surface area contributed by atoms with Crippen molar-refractivity contribution in [2.24, 2.45) is 0 Å². The molecule has 88 valence electrons. The lowest BCUT2D eigenvalue weighted by atomic mass is 10.0. The molecule has 0 radical (unpaired) electrons. The fourth-order valence-electron chi connectivity index (χ4n) is 1.50. The van der Waals surface area contributed by atoms with E-state index in [-0.39, 0.29) is 21.2 Å². The number of hydrogen-bond donors (Lipinski definition) is 0. The molecule has 0 heterocycles. The van der Waals surface area contributed by atoms with Crippen molar-refractivity contribution in [1.29, 1.82) is 0 Å². The summed E-state index contributed by atoms with van der Waals surface area (Å²) in [5.41, 5.74) is -0.298. The largest absolute Gasteiger partial charge is 0.207 e. The zero-order valence-electron chi connectivity index (χ0n) is 8.28. The minimum absolute atomic E-state index is 0.0265. The normalized spacial score (nSPS) is 10.6. The van der Waals surface area contributed by atoms with Gasteiger partial charge in [-0.25, -0.2) is 13.2 Å². The third-order valence-electron chi connectivity index (χ3n) is 2.23. The quantitative estimate of drug-likeness (QED) is 0.682. The van der Waals surface area contributed by atoms with Crippen LogP contribution in [-0.2, 0) is 0 Å². The monoisotopic (exact) mass is 276 g/mol. The van der Waals surface area contributed by atoms with Crippen molar-refractivity contribution in [3.8, 4) is 11.1 Å². The van der Waals surface area contributed by atoms with Crippen molar-refractivity contribution < 1.29 is 13.2 Å². The van der Waals surface area contributed by atoms with Gasteiger partial charge in [-0.3, -0.25) is 0 Å². The van der Waals surface area contributed by atoms with Gasteiger partial charge in [-0.05, 0) is 6.07 Å². The molecule has 0 atom stereocenters. The van der Waals surface area contributed by atoms with Crippen LogP contribution in [-0.4, -0.2) is 0 Å². The Balaban J connectivity index is 2.73. The summed E-state index contributed by atoms with van der Waals surface area (Å²) < 4.78 is 39.8. The molecule has 2 aromatic carbocycles. The standard InChI is InChI=1S/C12H5Cl2F3/c13-8-3-1-2-7(12(8)14)11-9(16)4-6(15)5-10(11)17/h1-5H. The Kier molecular flexibility index (Phi) is 3.31. The van der Waals surface area contributed by atoms with E-state index < -0.39 is 17.5 Å². The average Bonchev–Trinajstić information content (AvgIpc) is 2.23. The zero-order valence-corrected chi connectivity index (χ0v) is 9.79. The molecule has 0 saturated heterocycles. The van der Waals surface area contributed by atoms with Crippen LogP contribution in [0.4, 0.5) is 13.2 Å². The molecule has 0 saturated carbocycles. The Morgan fingerprint density at radius 3 is 2.06 bits per heavy atom. The average molecular weight is 277 g/mol. The molecule has 0 bridgehead atoms. The van der Waals surface area contributed by atoms with E-state index in [1.165, 1.54) is 18.2 Å². The Morgan fingerprint density at radius 1 is 0.882 bits per heavy atom. The summed E-state index contributed by atoms with van der Waals surface area (Å²) in [5, 5.41) is 0.200. The summed E-state index contributed by atoms with van der Waals surface area (Å²) in [6.45, 7) is 0. The lowest BCUT2D eigenvalue weighted by Crippen LogP contribution is -1.93. The van der Waals surface area contributed by atoms with E-state index in [0.717, 1.165) is 0 Å². The highest BCUT2D eigenvalue weighted by atomic mass is 35.5. The van der Waals surface area contributed by atoms with Gasteiger partial charge in [0.25, 0.3) is 0 Å². The van der Waals surface area contributed by atoms with Crippen LogP contribution >= 0.6 is 23.2 Å². The van der Waals surface area contributed by atoms with Crippen molar-refractivity contribution in [3.63, 3.8) is 0 Å². The lowest BCUT2D eigenvalue weighted by Gasteiger charge is -2.08. The number of hydrogen-bond acceptors (Lipinski definition) is 0. The lowest BCUT2D eigenvalue weighted by molar-refractivity contribution is 0.548. The van der Waals surface area contributed by atoms with E-state index in [9.17, 15) is 13.2 Å². The second-order valence-electron chi connectivity index (χ2n) is 3.35. The van der Waals surface area contributed by atoms with E-state index >= 15 is 0 Å². The van der Waals surface area contributed by atoms with E-state index in [2.05, 4.69) is 0 Å². The van der Waals surface area contributed by atoms with Gasteiger partial charge in [0.2, 0.25) is 0 Å². The van der Waals surface area contributed by atoms with Crippen LogP contribution < -0.4 is 0 Å². The van der Waals surface area contributed by atoms with Crippen LogP contribution in [0.5, 0.6) is 0 Å². The molecule has 0 spiro atoms. The highest BCUT2D eigenvalue weighted by molar-refractivity contribution is 6.43. The molecule has 5 heteroatoms. The summed E-state index contributed by atoms with van der Waals surface area (Å²) in [6.07, 6.45) is 0. The van der Waals surface area contributed by atoms with Gasteiger partial charge in [0.1, 0.15) is 17.5 Å². The van der Waals surface area contributed by atoms with Gasteiger partial charge in [-0.1, -0.05) is 35.3 Å². The maximum absolute atomic E-state index is 13.5. The SMILES string of the molecule is Fc1cc(F)c(-c2cccc(Cl)c2Cl)c(F)c1. The second-order valence-corrected chi connectivity index (χ2v) is 4.13. The first-order chi connectivity index (χ1) is 8.00. The molecule has 0 nitrogen and oxygen atoms in total. The molecule has 0 unspecified atom stereocenters. The molecule has 0 aliphatic carbocycles. The Hall–Kier alpha value is -1.19. The fraction of sp³-hybridized carbons (Fsp3) is 0. The predicted octanol–water partition coefficient (Wildman–Crippen LogP) is 5.08. The summed E-state index contributed by atoms with van der Waals surface area (Å²) in [4.78, 5) is 0.